The lowest BCUT2D eigenvalue weighted by atomic mass is 10.0. The van der Waals surface area contributed by atoms with Gasteiger partial charge in [-0.2, -0.15) is 4.99 Å². The van der Waals surface area contributed by atoms with Crippen LogP contribution in [0.4, 0.5) is 4.39 Å². The molecule has 1 aromatic carbocycles. The topological polar surface area (TPSA) is 51.0 Å². The highest BCUT2D eigenvalue weighted by molar-refractivity contribution is 6.20. The molecule has 1 unspecified atom stereocenters. The Labute approximate surface area is 91.5 Å². The van der Waals surface area contributed by atoms with E-state index in [0.717, 1.165) is 6.34 Å². The van der Waals surface area contributed by atoms with Crippen LogP contribution in [0, 0.1) is 0 Å². The average Bonchev–Trinajstić information content (AvgIpc) is 2.33. The van der Waals surface area contributed by atoms with E-state index in [-0.39, 0.29) is 5.71 Å². The highest BCUT2D eigenvalue weighted by Crippen LogP contribution is 2.16. The van der Waals surface area contributed by atoms with Gasteiger partial charge in [0.15, 0.2) is 0 Å². The monoisotopic (exact) mass is 220 g/mol. The lowest BCUT2D eigenvalue weighted by molar-refractivity contribution is -0.120. The minimum absolute atomic E-state index is 0.0858. The molecule has 1 aliphatic heterocycles. The lowest BCUT2D eigenvalue weighted by Gasteiger charge is -2.11. The summed E-state index contributed by atoms with van der Waals surface area (Å²) in [5, 5.41) is 0. The number of benzene rings is 1. The third-order valence-electron chi connectivity index (χ3n) is 2.22. The van der Waals surface area contributed by atoms with Crippen LogP contribution in [0.2, 0.25) is 0 Å². The fraction of sp³-hybridized carbons (Fsp3) is 0.182. The molecule has 16 heavy (non-hydrogen) atoms. The maximum atomic E-state index is 13.5. The molecule has 1 aliphatic rings. The number of carbonyl (C=O) groups is 1. The second-order valence-corrected chi connectivity index (χ2v) is 3.19. The van der Waals surface area contributed by atoms with Crippen LogP contribution in [0.1, 0.15) is 5.56 Å². The largest absolute Gasteiger partial charge is 0.497 e. The number of ether oxygens (including phenoxy) is 1. The van der Waals surface area contributed by atoms with Crippen LogP contribution >= 0.6 is 0 Å². The van der Waals surface area contributed by atoms with Crippen LogP contribution in [0.3, 0.4) is 0 Å². The number of amides is 1. The van der Waals surface area contributed by atoms with Crippen molar-refractivity contribution >= 4 is 18.0 Å². The van der Waals surface area contributed by atoms with Crippen molar-refractivity contribution in [1.82, 2.24) is 0 Å². The van der Waals surface area contributed by atoms with Crippen LogP contribution in [0.25, 0.3) is 0 Å². The van der Waals surface area contributed by atoms with Gasteiger partial charge in [0.2, 0.25) is 6.17 Å². The van der Waals surface area contributed by atoms with Gasteiger partial charge in [-0.05, 0) is 29.8 Å². The number of hydrogen-bond donors (Lipinski definition) is 0. The number of aliphatic imine (C=N–C) groups is 2. The zero-order chi connectivity index (χ0) is 11.5. The molecule has 0 bridgehead atoms. The molecule has 1 aromatic rings. The van der Waals surface area contributed by atoms with Crippen molar-refractivity contribution in [3.8, 4) is 5.75 Å². The third-order valence-corrected chi connectivity index (χ3v) is 2.22. The highest BCUT2D eigenvalue weighted by atomic mass is 19.1. The first kappa shape index (κ1) is 10.5. The maximum absolute atomic E-state index is 13.5. The first-order valence-corrected chi connectivity index (χ1v) is 4.65. The molecular weight excluding hydrogens is 211 g/mol. The summed E-state index contributed by atoms with van der Waals surface area (Å²) in [6, 6.07) is 6.66. The van der Waals surface area contributed by atoms with E-state index in [9.17, 15) is 9.18 Å². The number of alkyl halides is 1. The van der Waals surface area contributed by atoms with Crippen molar-refractivity contribution in [3.63, 3.8) is 0 Å². The summed E-state index contributed by atoms with van der Waals surface area (Å²) in [7, 11) is 1.54. The SMILES string of the molecule is COc1ccc(C2=NC=NC(=O)C2F)cc1. The second kappa shape index (κ2) is 4.22. The van der Waals surface area contributed by atoms with Gasteiger partial charge in [0.25, 0.3) is 5.91 Å². The van der Waals surface area contributed by atoms with Gasteiger partial charge in [-0.15, -0.1) is 0 Å². The molecule has 1 atom stereocenters. The molecular formula is C11H9FN2O2. The van der Waals surface area contributed by atoms with Crippen molar-refractivity contribution in [2.75, 3.05) is 7.11 Å². The first-order valence-electron chi connectivity index (χ1n) is 4.65. The van der Waals surface area contributed by atoms with E-state index in [1.807, 2.05) is 0 Å². The van der Waals surface area contributed by atoms with Gasteiger partial charge in [0.1, 0.15) is 12.1 Å². The van der Waals surface area contributed by atoms with E-state index >= 15 is 0 Å². The number of nitrogens with zero attached hydrogens (tertiary/aromatic N) is 2. The normalized spacial score (nSPS) is 19.5. The number of rotatable bonds is 2. The standard InChI is InChI=1S/C11H9FN2O2/c1-16-8-4-2-7(3-5-8)10-9(12)11(15)14-6-13-10/h2-6,9H,1H3. The first-order chi connectivity index (χ1) is 7.72. The van der Waals surface area contributed by atoms with Gasteiger partial charge < -0.3 is 4.74 Å². The fourth-order valence-corrected chi connectivity index (χ4v) is 1.38. The molecule has 0 saturated carbocycles. The van der Waals surface area contributed by atoms with Gasteiger partial charge in [0.05, 0.1) is 12.8 Å². The summed E-state index contributed by atoms with van der Waals surface area (Å²) in [5.74, 6) is -0.156. The molecule has 1 amide bonds. The minimum atomic E-state index is -1.78. The number of carbonyl (C=O) groups excluding carboxylic acids is 1. The quantitative estimate of drug-likeness (QED) is 0.756. The fourth-order valence-electron chi connectivity index (χ4n) is 1.38. The zero-order valence-corrected chi connectivity index (χ0v) is 8.55. The Balaban J connectivity index is 2.33. The summed E-state index contributed by atoms with van der Waals surface area (Å²) in [4.78, 5) is 18.1. The van der Waals surface area contributed by atoms with Crippen molar-refractivity contribution in [3.05, 3.63) is 29.8 Å². The van der Waals surface area contributed by atoms with Gasteiger partial charge in [-0.1, -0.05) is 0 Å². The van der Waals surface area contributed by atoms with Gasteiger partial charge >= 0.3 is 0 Å². The number of methoxy groups -OCH3 is 1. The molecule has 4 nitrogen and oxygen atoms in total. The Morgan fingerprint density at radius 2 is 2.00 bits per heavy atom. The van der Waals surface area contributed by atoms with E-state index < -0.39 is 12.1 Å². The Hall–Kier alpha value is -2.04. The van der Waals surface area contributed by atoms with Crippen LogP contribution in [0.5, 0.6) is 5.75 Å². The van der Waals surface area contributed by atoms with E-state index in [0.29, 0.717) is 11.3 Å². The van der Waals surface area contributed by atoms with Gasteiger partial charge in [0, 0.05) is 0 Å². The molecule has 82 valence electrons. The van der Waals surface area contributed by atoms with Crippen LogP contribution < -0.4 is 4.74 Å². The summed E-state index contributed by atoms with van der Waals surface area (Å²) in [5.41, 5.74) is 0.635. The predicted octanol–water partition coefficient (Wildman–Crippen LogP) is 1.39. The minimum Gasteiger partial charge on any atom is -0.497 e. The molecule has 0 aliphatic carbocycles. The molecule has 1 heterocycles. The number of halogens is 1. The van der Waals surface area contributed by atoms with Crippen molar-refractivity contribution in [2.45, 2.75) is 6.17 Å². The Kier molecular flexibility index (Phi) is 2.76. The Morgan fingerprint density at radius 1 is 1.31 bits per heavy atom. The van der Waals surface area contributed by atoms with Crippen LogP contribution in [0.15, 0.2) is 34.3 Å². The average molecular weight is 220 g/mol. The number of hydrogen-bond acceptors (Lipinski definition) is 3. The Morgan fingerprint density at radius 3 is 2.62 bits per heavy atom. The molecule has 0 N–H and O–H groups in total. The molecule has 0 aromatic heterocycles. The van der Waals surface area contributed by atoms with Crippen molar-refractivity contribution < 1.29 is 13.9 Å². The summed E-state index contributed by atoms with van der Waals surface area (Å²) in [6.07, 6.45) is -0.712. The van der Waals surface area contributed by atoms with E-state index in [1.54, 1.807) is 31.4 Å². The molecule has 0 fully saturated rings. The summed E-state index contributed by atoms with van der Waals surface area (Å²) in [6.45, 7) is 0. The van der Waals surface area contributed by atoms with E-state index in [2.05, 4.69) is 9.98 Å². The second-order valence-electron chi connectivity index (χ2n) is 3.19. The summed E-state index contributed by atoms with van der Waals surface area (Å²) < 4.78 is 18.5. The lowest BCUT2D eigenvalue weighted by Crippen LogP contribution is -2.28. The van der Waals surface area contributed by atoms with Crippen molar-refractivity contribution in [1.29, 1.82) is 0 Å². The van der Waals surface area contributed by atoms with Crippen molar-refractivity contribution in [2.24, 2.45) is 9.98 Å². The molecule has 2 rings (SSSR count). The highest BCUT2D eigenvalue weighted by Gasteiger charge is 2.26. The molecule has 0 radical (unpaired) electrons. The third kappa shape index (κ3) is 1.84. The smallest absolute Gasteiger partial charge is 0.287 e. The maximum Gasteiger partial charge on any atom is 0.287 e. The Bertz CT molecular complexity index is 465. The summed E-state index contributed by atoms with van der Waals surface area (Å²) >= 11 is 0. The van der Waals surface area contributed by atoms with Crippen LogP contribution in [-0.2, 0) is 4.79 Å². The van der Waals surface area contributed by atoms with Gasteiger partial charge in [-0.25, -0.2) is 9.38 Å². The van der Waals surface area contributed by atoms with E-state index in [1.165, 1.54) is 0 Å². The zero-order valence-electron chi connectivity index (χ0n) is 8.55. The molecule has 0 spiro atoms. The predicted molar refractivity (Wildman–Crippen MR) is 57.9 cm³/mol. The van der Waals surface area contributed by atoms with Gasteiger partial charge in [-0.3, -0.25) is 4.79 Å². The molecule has 5 heteroatoms. The van der Waals surface area contributed by atoms with E-state index in [4.69, 9.17) is 4.74 Å². The molecule has 0 saturated heterocycles. The van der Waals surface area contributed by atoms with Crippen LogP contribution in [-0.4, -0.2) is 31.2 Å².